The van der Waals surface area contributed by atoms with Crippen LogP contribution < -0.4 is 0 Å². The van der Waals surface area contributed by atoms with Gasteiger partial charge in [0.2, 0.25) is 0 Å². The van der Waals surface area contributed by atoms with Gasteiger partial charge in [0.25, 0.3) is 5.91 Å². The molecule has 0 atom stereocenters. The molecule has 1 N–H and O–H groups in total. The molecule has 5 heteroatoms. The van der Waals surface area contributed by atoms with Crippen molar-refractivity contribution in [3.05, 3.63) is 76.2 Å². The van der Waals surface area contributed by atoms with Crippen LogP contribution >= 0.6 is 15.9 Å². The van der Waals surface area contributed by atoms with Crippen LogP contribution in [0.1, 0.15) is 22.3 Å². The number of aromatic amines is 1. The molecule has 1 aliphatic rings. The molecular weight excluding hydrogens is 383 g/mol. The molecule has 0 bridgehead atoms. The van der Waals surface area contributed by atoms with E-state index in [1.54, 1.807) is 4.90 Å². The number of aromatic nitrogens is 1. The van der Waals surface area contributed by atoms with Crippen molar-refractivity contribution in [2.24, 2.45) is 0 Å². The minimum absolute atomic E-state index is 0.0584. The normalized spacial score (nSPS) is 14.6. The van der Waals surface area contributed by atoms with Gasteiger partial charge in [0.1, 0.15) is 5.82 Å². The van der Waals surface area contributed by atoms with Crippen molar-refractivity contribution in [2.45, 2.75) is 6.42 Å². The summed E-state index contributed by atoms with van der Waals surface area (Å²) in [7, 11) is 0. The van der Waals surface area contributed by atoms with Crippen LogP contribution in [0.3, 0.4) is 0 Å². The molecular formula is C20H16BrFN2O. The van der Waals surface area contributed by atoms with Crippen molar-refractivity contribution in [2.75, 3.05) is 13.1 Å². The first-order chi connectivity index (χ1) is 12.1. The number of hydrogen-bond donors (Lipinski definition) is 1. The maximum atomic E-state index is 13.0. The van der Waals surface area contributed by atoms with Gasteiger partial charge in [-0.3, -0.25) is 4.79 Å². The zero-order valence-electron chi connectivity index (χ0n) is 13.4. The van der Waals surface area contributed by atoms with Crippen LogP contribution in [0, 0.1) is 5.82 Å². The summed E-state index contributed by atoms with van der Waals surface area (Å²) in [6, 6.07) is 11.9. The minimum Gasteiger partial charge on any atom is -0.361 e. The molecule has 2 heterocycles. The molecule has 0 fully saturated rings. The van der Waals surface area contributed by atoms with Crippen molar-refractivity contribution >= 4 is 38.3 Å². The number of nitrogens with one attached hydrogen (secondary N) is 1. The Morgan fingerprint density at radius 3 is 2.68 bits per heavy atom. The summed E-state index contributed by atoms with van der Waals surface area (Å²) < 4.78 is 14.1. The van der Waals surface area contributed by atoms with Gasteiger partial charge in [-0.2, -0.15) is 0 Å². The lowest BCUT2D eigenvalue weighted by Gasteiger charge is -2.26. The summed E-state index contributed by atoms with van der Waals surface area (Å²) in [4.78, 5) is 17.6. The Morgan fingerprint density at radius 1 is 1.16 bits per heavy atom. The summed E-state index contributed by atoms with van der Waals surface area (Å²) >= 11 is 3.52. The Kier molecular flexibility index (Phi) is 4.17. The van der Waals surface area contributed by atoms with Gasteiger partial charge >= 0.3 is 0 Å². The summed E-state index contributed by atoms with van der Waals surface area (Å²) in [6.07, 6.45) is 4.93. The number of H-pyrrole nitrogens is 1. The quantitative estimate of drug-likeness (QED) is 0.647. The van der Waals surface area contributed by atoms with Crippen molar-refractivity contribution in [1.82, 2.24) is 9.88 Å². The van der Waals surface area contributed by atoms with Gasteiger partial charge in [0.15, 0.2) is 0 Å². The Balaban J connectivity index is 1.56. The minimum atomic E-state index is -0.331. The number of carbonyl (C=O) groups is 1. The summed E-state index contributed by atoms with van der Waals surface area (Å²) in [5.41, 5.74) is 4.05. The van der Waals surface area contributed by atoms with Crippen molar-refractivity contribution < 1.29 is 9.18 Å². The third kappa shape index (κ3) is 3.12. The highest BCUT2D eigenvalue weighted by molar-refractivity contribution is 9.10. The molecule has 126 valence electrons. The van der Waals surface area contributed by atoms with Crippen LogP contribution in [-0.2, 0) is 0 Å². The lowest BCUT2D eigenvalue weighted by molar-refractivity contribution is 0.0773. The Morgan fingerprint density at radius 2 is 1.96 bits per heavy atom. The van der Waals surface area contributed by atoms with Crippen molar-refractivity contribution in [3.8, 4) is 0 Å². The zero-order valence-corrected chi connectivity index (χ0v) is 15.0. The molecule has 0 radical (unpaired) electrons. The van der Waals surface area contributed by atoms with E-state index < -0.39 is 0 Å². The third-order valence-corrected chi connectivity index (χ3v) is 5.07. The fourth-order valence-corrected chi connectivity index (χ4v) is 3.59. The lowest BCUT2D eigenvalue weighted by Crippen LogP contribution is -2.34. The monoisotopic (exact) mass is 398 g/mol. The maximum absolute atomic E-state index is 13.0. The van der Waals surface area contributed by atoms with Crippen LogP contribution in [0.15, 0.2) is 59.2 Å². The fourth-order valence-electron chi connectivity index (χ4n) is 3.23. The molecule has 0 saturated heterocycles. The van der Waals surface area contributed by atoms with Gasteiger partial charge in [-0.05, 0) is 54.5 Å². The van der Waals surface area contributed by atoms with E-state index in [2.05, 4.69) is 39.1 Å². The average Bonchev–Trinajstić information content (AvgIpc) is 3.05. The molecule has 1 aliphatic heterocycles. The maximum Gasteiger partial charge on any atom is 0.254 e. The number of rotatable bonds is 2. The molecule has 25 heavy (non-hydrogen) atoms. The van der Waals surface area contributed by atoms with Gasteiger partial charge in [0.05, 0.1) is 0 Å². The van der Waals surface area contributed by atoms with Crippen LogP contribution in [0.4, 0.5) is 4.39 Å². The Labute approximate surface area is 153 Å². The zero-order chi connectivity index (χ0) is 17.4. The summed E-state index contributed by atoms with van der Waals surface area (Å²) in [5.74, 6) is -0.389. The van der Waals surface area contributed by atoms with E-state index in [1.807, 2.05) is 12.3 Å². The number of hydrogen-bond acceptors (Lipinski definition) is 1. The van der Waals surface area contributed by atoms with E-state index in [4.69, 9.17) is 0 Å². The number of benzene rings is 2. The van der Waals surface area contributed by atoms with Gasteiger partial charge in [-0.25, -0.2) is 4.39 Å². The summed E-state index contributed by atoms with van der Waals surface area (Å²) in [5, 5.41) is 1.18. The first kappa shape index (κ1) is 16.1. The molecule has 0 spiro atoms. The Bertz CT molecular complexity index is 975. The van der Waals surface area contributed by atoms with E-state index in [0.717, 1.165) is 16.4 Å². The van der Waals surface area contributed by atoms with Crippen molar-refractivity contribution in [1.29, 1.82) is 0 Å². The van der Waals surface area contributed by atoms with Crippen molar-refractivity contribution in [3.63, 3.8) is 0 Å². The van der Waals surface area contributed by atoms with Crippen LogP contribution in [0.5, 0.6) is 0 Å². The Hall–Kier alpha value is -2.40. The first-order valence-corrected chi connectivity index (χ1v) is 8.92. The number of nitrogens with zero attached hydrogens (tertiary/aromatic N) is 1. The highest BCUT2D eigenvalue weighted by Crippen LogP contribution is 2.31. The van der Waals surface area contributed by atoms with E-state index in [-0.39, 0.29) is 11.7 Å². The largest absolute Gasteiger partial charge is 0.361 e. The molecule has 1 amide bonds. The lowest BCUT2D eigenvalue weighted by atomic mass is 9.98. The second-order valence-corrected chi connectivity index (χ2v) is 7.05. The third-order valence-electron chi connectivity index (χ3n) is 4.58. The highest BCUT2D eigenvalue weighted by Gasteiger charge is 2.20. The average molecular weight is 399 g/mol. The van der Waals surface area contributed by atoms with E-state index >= 15 is 0 Å². The standard InChI is InChI=1S/C20H16BrFN2O/c21-15-3-6-19-17(11-15)18(12-23-19)13-7-9-24(10-8-13)20(25)14-1-4-16(22)5-2-14/h1-7,11-12,23H,8-10H2. The molecule has 3 nitrogen and oxygen atoms in total. The van der Waals surface area contributed by atoms with Gasteiger partial charge < -0.3 is 9.88 Å². The predicted molar refractivity (Wildman–Crippen MR) is 101 cm³/mol. The SMILES string of the molecule is O=C(c1ccc(F)cc1)N1CC=C(c2c[nH]c3ccc(Br)cc23)CC1. The number of amides is 1. The van der Waals surface area contributed by atoms with Crippen LogP contribution in [0.2, 0.25) is 0 Å². The molecule has 4 rings (SSSR count). The van der Waals surface area contributed by atoms with Gasteiger partial charge in [-0.15, -0.1) is 0 Å². The second-order valence-electron chi connectivity index (χ2n) is 6.13. The fraction of sp³-hybridized carbons (Fsp3) is 0.150. The van der Waals surface area contributed by atoms with Crippen LogP contribution in [-0.4, -0.2) is 28.9 Å². The molecule has 1 aromatic heterocycles. The molecule has 0 saturated carbocycles. The number of fused-ring (bicyclic) bond motifs is 1. The summed E-state index contributed by atoms with van der Waals surface area (Å²) in [6.45, 7) is 1.22. The molecule has 3 aromatic rings. The molecule has 0 unspecified atom stereocenters. The number of carbonyl (C=O) groups excluding carboxylic acids is 1. The predicted octanol–water partition coefficient (Wildman–Crippen LogP) is 5.00. The smallest absolute Gasteiger partial charge is 0.254 e. The van der Waals surface area contributed by atoms with Gasteiger partial charge in [-0.1, -0.05) is 22.0 Å². The van der Waals surface area contributed by atoms with E-state index in [0.29, 0.717) is 18.7 Å². The van der Waals surface area contributed by atoms with E-state index in [1.165, 1.54) is 40.8 Å². The topological polar surface area (TPSA) is 36.1 Å². The second kappa shape index (κ2) is 6.48. The first-order valence-electron chi connectivity index (χ1n) is 8.13. The molecule has 0 aliphatic carbocycles. The molecule has 2 aromatic carbocycles. The van der Waals surface area contributed by atoms with E-state index in [9.17, 15) is 9.18 Å². The van der Waals surface area contributed by atoms with Crippen LogP contribution in [0.25, 0.3) is 16.5 Å². The highest BCUT2D eigenvalue weighted by atomic mass is 79.9. The van der Waals surface area contributed by atoms with Gasteiger partial charge in [0, 0.05) is 45.8 Å². The number of halogens is 2.